The molecule has 5 heteroatoms. The summed E-state index contributed by atoms with van der Waals surface area (Å²) in [5, 5.41) is 9.22. The molecule has 0 amide bonds. The molecule has 4 rings (SSSR count). The smallest absolute Gasteiger partial charge is 0.356 e. The number of piperidine rings is 1. The fourth-order valence-corrected chi connectivity index (χ4v) is 4.02. The van der Waals surface area contributed by atoms with Crippen molar-refractivity contribution in [1.82, 2.24) is 14.9 Å². The van der Waals surface area contributed by atoms with E-state index in [1.807, 2.05) is 0 Å². The van der Waals surface area contributed by atoms with E-state index < -0.39 is 5.97 Å². The molecule has 2 heterocycles. The van der Waals surface area contributed by atoms with Crippen LogP contribution in [0.2, 0.25) is 0 Å². The topological polar surface area (TPSA) is 69.2 Å². The summed E-state index contributed by atoms with van der Waals surface area (Å²) in [6, 6.07) is 8.83. The van der Waals surface area contributed by atoms with Crippen LogP contribution in [0.4, 0.5) is 0 Å². The molecule has 1 aliphatic carbocycles. The van der Waals surface area contributed by atoms with E-state index >= 15 is 0 Å². The maximum absolute atomic E-state index is 11.2. The van der Waals surface area contributed by atoms with E-state index in [-0.39, 0.29) is 11.6 Å². The number of nitrogens with one attached hydrogen (secondary N) is 1. The van der Waals surface area contributed by atoms with Crippen molar-refractivity contribution >= 4 is 5.97 Å². The lowest BCUT2D eigenvalue weighted by atomic mass is 9.96. The van der Waals surface area contributed by atoms with Crippen LogP contribution in [0, 0.1) is 6.92 Å². The van der Waals surface area contributed by atoms with Crippen molar-refractivity contribution in [2.24, 2.45) is 0 Å². The molecule has 1 aromatic heterocycles. The van der Waals surface area contributed by atoms with E-state index in [2.05, 4.69) is 39.1 Å². The van der Waals surface area contributed by atoms with Gasteiger partial charge in [0.25, 0.3) is 0 Å². The predicted molar refractivity (Wildman–Crippen MR) is 96.0 cm³/mol. The molecule has 2 aliphatic rings. The first kappa shape index (κ1) is 16.3. The highest BCUT2D eigenvalue weighted by molar-refractivity contribution is 5.86. The van der Waals surface area contributed by atoms with Gasteiger partial charge in [-0.25, -0.2) is 9.78 Å². The Morgan fingerprint density at radius 2 is 2.08 bits per heavy atom. The highest BCUT2D eigenvalue weighted by atomic mass is 16.4. The lowest BCUT2D eigenvalue weighted by molar-refractivity contribution is 0.0690. The maximum Gasteiger partial charge on any atom is 0.356 e. The van der Waals surface area contributed by atoms with Gasteiger partial charge in [0.2, 0.25) is 0 Å². The van der Waals surface area contributed by atoms with Gasteiger partial charge in [0, 0.05) is 24.7 Å². The Morgan fingerprint density at radius 1 is 1.28 bits per heavy atom. The van der Waals surface area contributed by atoms with Gasteiger partial charge in [0.05, 0.1) is 0 Å². The maximum atomic E-state index is 11.2. The summed E-state index contributed by atoms with van der Waals surface area (Å²) in [5.41, 5.74) is 3.78. The number of nitrogens with zero attached hydrogens (tertiary/aromatic N) is 2. The van der Waals surface area contributed by atoms with Crippen molar-refractivity contribution < 1.29 is 9.90 Å². The molecule has 1 saturated carbocycles. The molecule has 5 nitrogen and oxygen atoms in total. The van der Waals surface area contributed by atoms with Crippen molar-refractivity contribution in [3.8, 4) is 0 Å². The summed E-state index contributed by atoms with van der Waals surface area (Å²) < 4.78 is 0. The van der Waals surface area contributed by atoms with E-state index in [9.17, 15) is 9.90 Å². The zero-order chi connectivity index (χ0) is 17.4. The third kappa shape index (κ3) is 3.47. The third-order valence-electron chi connectivity index (χ3n) is 5.46. The molecular weight excluding hydrogens is 314 g/mol. The minimum absolute atomic E-state index is 0.159. The number of aromatic nitrogens is 2. The number of benzene rings is 1. The number of aromatic carboxylic acids is 1. The van der Waals surface area contributed by atoms with Gasteiger partial charge in [-0.1, -0.05) is 24.3 Å². The number of carbonyl (C=O) groups is 1. The first-order valence-electron chi connectivity index (χ1n) is 9.21. The lowest BCUT2D eigenvalue weighted by Crippen LogP contribution is -2.34. The average Bonchev–Trinajstić information content (AvgIpc) is 3.37. The van der Waals surface area contributed by atoms with Crippen LogP contribution in [-0.2, 0) is 6.54 Å². The number of likely N-dealkylation sites (tertiary alicyclic amines) is 1. The van der Waals surface area contributed by atoms with Gasteiger partial charge in [-0.2, -0.15) is 0 Å². The van der Waals surface area contributed by atoms with Gasteiger partial charge in [0.15, 0.2) is 5.69 Å². The van der Waals surface area contributed by atoms with Gasteiger partial charge in [-0.15, -0.1) is 0 Å². The molecule has 0 spiro atoms. The molecule has 2 N–H and O–H groups in total. The molecule has 0 bridgehead atoms. The molecule has 1 aromatic carbocycles. The number of hydrogen-bond acceptors (Lipinski definition) is 3. The molecule has 1 aliphatic heterocycles. The second-order valence-electron chi connectivity index (χ2n) is 7.45. The van der Waals surface area contributed by atoms with Crippen molar-refractivity contribution in [2.75, 3.05) is 13.1 Å². The number of hydrogen-bond donors (Lipinski definition) is 2. The van der Waals surface area contributed by atoms with Crippen molar-refractivity contribution in [3.63, 3.8) is 0 Å². The fourth-order valence-electron chi connectivity index (χ4n) is 4.02. The number of imidazole rings is 1. The number of rotatable bonds is 5. The molecule has 1 unspecified atom stereocenters. The van der Waals surface area contributed by atoms with Crippen LogP contribution in [0.5, 0.6) is 0 Å². The highest BCUT2D eigenvalue weighted by Crippen LogP contribution is 2.42. The minimum Gasteiger partial charge on any atom is -0.476 e. The Balaban J connectivity index is 1.48. The van der Waals surface area contributed by atoms with Crippen LogP contribution in [0.3, 0.4) is 0 Å². The molecule has 2 fully saturated rings. The van der Waals surface area contributed by atoms with Gasteiger partial charge in [-0.05, 0) is 56.2 Å². The van der Waals surface area contributed by atoms with Gasteiger partial charge in [0.1, 0.15) is 5.82 Å². The molecule has 1 atom stereocenters. The summed E-state index contributed by atoms with van der Waals surface area (Å²) in [5.74, 6) is 0.928. The zero-order valence-corrected chi connectivity index (χ0v) is 14.7. The second kappa shape index (κ2) is 6.64. The van der Waals surface area contributed by atoms with Crippen LogP contribution in [-0.4, -0.2) is 39.0 Å². The first-order valence-corrected chi connectivity index (χ1v) is 9.21. The third-order valence-corrected chi connectivity index (χ3v) is 5.46. The minimum atomic E-state index is -0.953. The normalized spacial score (nSPS) is 21.4. The molecule has 2 aromatic rings. The molecule has 25 heavy (non-hydrogen) atoms. The largest absolute Gasteiger partial charge is 0.476 e. The first-order chi connectivity index (χ1) is 12.1. The molecule has 1 saturated heterocycles. The molecular formula is C20H25N3O2. The van der Waals surface area contributed by atoms with E-state index in [1.54, 1.807) is 6.92 Å². The van der Waals surface area contributed by atoms with Crippen LogP contribution in [0.15, 0.2) is 24.3 Å². The Hall–Kier alpha value is -2.14. The summed E-state index contributed by atoms with van der Waals surface area (Å²) in [4.78, 5) is 21.3. The second-order valence-corrected chi connectivity index (χ2v) is 7.45. The Labute approximate surface area is 148 Å². The molecule has 0 radical (unpaired) electrons. The lowest BCUT2D eigenvalue weighted by Gasteiger charge is -2.32. The van der Waals surface area contributed by atoms with Gasteiger partial charge >= 0.3 is 5.97 Å². The van der Waals surface area contributed by atoms with E-state index in [0.717, 1.165) is 44.2 Å². The number of carboxylic acid groups (broad SMARTS) is 1. The van der Waals surface area contributed by atoms with Gasteiger partial charge in [-0.3, -0.25) is 4.90 Å². The summed E-state index contributed by atoms with van der Waals surface area (Å²) in [7, 11) is 0. The Bertz CT molecular complexity index is 779. The SMILES string of the molecule is Cc1[nH]c(C2CCCN(Cc3ccccc3C3CC3)C2)nc1C(=O)O. The number of carboxylic acids is 1. The Morgan fingerprint density at radius 3 is 2.80 bits per heavy atom. The van der Waals surface area contributed by atoms with Crippen LogP contribution < -0.4 is 0 Å². The van der Waals surface area contributed by atoms with E-state index in [0.29, 0.717) is 5.69 Å². The zero-order valence-electron chi connectivity index (χ0n) is 14.7. The summed E-state index contributed by atoms with van der Waals surface area (Å²) in [6.07, 6.45) is 4.83. The van der Waals surface area contributed by atoms with E-state index in [1.165, 1.54) is 24.0 Å². The fraction of sp³-hybridized carbons (Fsp3) is 0.500. The van der Waals surface area contributed by atoms with Crippen LogP contribution >= 0.6 is 0 Å². The number of H-pyrrole nitrogens is 1. The quantitative estimate of drug-likeness (QED) is 0.872. The van der Waals surface area contributed by atoms with Gasteiger partial charge < -0.3 is 10.1 Å². The number of aromatic amines is 1. The highest BCUT2D eigenvalue weighted by Gasteiger charge is 2.28. The Kier molecular flexibility index (Phi) is 4.34. The van der Waals surface area contributed by atoms with Crippen molar-refractivity contribution in [3.05, 3.63) is 52.6 Å². The average molecular weight is 339 g/mol. The molecule has 132 valence electrons. The standard InChI is InChI=1S/C20H25N3O2/c1-13-18(20(24)25)22-19(21-13)16-6-4-10-23(12-16)11-15-5-2-3-7-17(15)14-8-9-14/h2-3,5,7,14,16H,4,6,8-12H2,1H3,(H,21,22)(H,24,25). The van der Waals surface area contributed by atoms with Crippen LogP contribution in [0.1, 0.15) is 70.7 Å². The predicted octanol–water partition coefficient (Wildman–Crippen LogP) is 3.67. The van der Waals surface area contributed by atoms with Crippen molar-refractivity contribution in [1.29, 1.82) is 0 Å². The summed E-state index contributed by atoms with van der Waals surface area (Å²) >= 11 is 0. The number of aryl methyl sites for hydroxylation is 1. The van der Waals surface area contributed by atoms with E-state index in [4.69, 9.17) is 0 Å². The summed E-state index contributed by atoms with van der Waals surface area (Å²) in [6.45, 7) is 4.80. The van der Waals surface area contributed by atoms with Crippen LogP contribution in [0.25, 0.3) is 0 Å². The van der Waals surface area contributed by atoms with Crippen molar-refractivity contribution in [2.45, 2.75) is 51.0 Å². The monoisotopic (exact) mass is 339 g/mol.